The van der Waals surface area contributed by atoms with Crippen molar-refractivity contribution in [2.24, 2.45) is 11.5 Å². The van der Waals surface area contributed by atoms with E-state index in [9.17, 15) is 14.9 Å². The van der Waals surface area contributed by atoms with Gasteiger partial charge in [0.1, 0.15) is 11.7 Å². The second kappa shape index (κ2) is 6.21. The average Bonchev–Trinajstić information content (AvgIpc) is 2.91. The molecule has 9 heteroatoms. The van der Waals surface area contributed by atoms with Gasteiger partial charge in [-0.2, -0.15) is 0 Å². The molecule has 0 spiro atoms. The van der Waals surface area contributed by atoms with Crippen LogP contribution in [0.1, 0.15) is 21.3 Å². The molecule has 0 aromatic heterocycles. The third-order valence-electron chi connectivity index (χ3n) is 3.42. The Morgan fingerprint density at radius 2 is 1.79 bits per heavy atom. The van der Waals surface area contributed by atoms with Gasteiger partial charge < -0.3 is 0 Å². The molecule has 1 fully saturated rings. The standard InChI is InChI=1S/C15H14N4O4S/c16-15(17)23-18(12-5-1-10(9-20)2-6-12)14(24-15)11-3-7-13(8-4-11)19(21)22/h1-9,14H,16-17H2/t14-/m0/s1. The highest BCUT2D eigenvalue weighted by molar-refractivity contribution is 8.00. The fourth-order valence-corrected chi connectivity index (χ4v) is 3.32. The number of rotatable bonds is 4. The van der Waals surface area contributed by atoms with E-state index in [1.165, 1.54) is 29.0 Å². The van der Waals surface area contributed by atoms with Gasteiger partial charge in [-0.3, -0.25) is 26.4 Å². The quantitative estimate of drug-likeness (QED) is 0.373. The van der Waals surface area contributed by atoms with Crippen molar-refractivity contribution in [3.63, 3.8) is 0 Å². The van der Waals surface area contributed by atoms with Crippen LogP contribution in [0.15, 0.2) is 48.5 Å². The van der Waals surface area contributed by atoms with Crippen LogP contribution in [0.3, 0.4) is 0 Å². The Morgan fingerprint density at radius 3 is 2.33 bits per heavy atom. The molecule has 24 heavy (non-hydrogen) atoms. The van der Waals surface area contributed by atoms with Gasteiger partial charge in [-0.25, -0.2) is 9.90 Å². The van der Waals surface area contributed by atoms with Gasteiger partial charge in [-0.1, -0.05) is 11.8 Å². The van der Waals surface area contributed by atoms with E-state index in [4.69, 9.17) is 16.3 Å². The maximum atomic E-state index is 10.8. The monoisotopic (exact) mass is 346 g/mol. The van der Waals surface area contributed by atoms with Gasteiger partial charge in [-0.05, 0) is 42.0 Å². The molecule has 1 heterocycles. The second-order valence-corrected chi connectivity index (χ2v) is 6.49. The molecule has 0 unspecified atom stereocenters. The largest absolute Gasteiger partial charge is 0.298 e. The number of carbonyl (C=O) groups excluding carboxylic acids is 1. The van der Waals surface area contributed by atoms with Crippen molar-refractivity contribution in [1.82, 2.24) is 0 Å². The molecule has 1 aliphatic rings. The zero-order valence-corrected chi connectivity index (χ0v) is 13.2. The highest BCUT2D eigenvalue weighted by atomic mass is 32.2. The van der Waals surface area contributed by atoms with Crippen LogP contribution in [0.4, 0.5) is 11.4 Å². The Labute approximate surface area is 141 Å². The number of nitro groups is 1. The lowest BCUT2D eigenvalue weighted by Gasteiger charge is -2.24. The number of non-ortho nitro benzene ring substituents is 1. The summed E-state index contributed by atoms with van der Waals surface area (Å²) in [5.41, 5.74) is 13.7. The first-order valence-corrected chi connectivity index (χ1v) is 7.81. The van der Waals surface area contributed by atoms with Crippen LogP contribution in [0.2, 0.25) is 0 Å². The molecule has 3 rings (SSSR count). The molecule has 2 aromatic rings. The topological polar surface area (TPSA) is 125 Å². The summed E-state index contributed by atoms with van der Waals surface area (Å²) in [5.74, 6) is 0. The number of aldehydes is 1. The number of hydroxylamine groups is 1. The predicted octanol–water partition coefficient (Wildman–Crippen LogP) is 2.12. The summed E-state index contributed by atoms with van der Waals surface area (Å²) in [4.78, 5) is 26.7. The van der Waals surface area contributed by atoms with E-state index in [1.807, 2.05) is 0 Å². The molecule has 8 nitrogen and oxygen atoms in total. The Kier molecular flexibility index (Phi) is 4.24. The fourth-order valence-electron chi connectivity index (χ4n) is 2.30. The van der Waals surface area contributed by atoms with Crippen LogP contribution >= 0.6 is 11.8 Å². The first kappa shape index (κ1) is 16.4. The Bertz CT molecular complexity index is 764. The Morgan fingerprint density at radius 1 is 1.17 bits per heavy atom. The SMILES string of the molecule is NC1(N)ON(c2ccc(C=O)cc2)[C@H](c2ccc([N+](=O)[O-])cc2)S1. The molecule has 0 radical (unpaired) electrons. The summed E-state index contributed by atoms with van der Waals surface area (Å²) in [6.45, 7) is 0. The molecule has 1 atom stereocenters. The highest BCUT2D eigenvalue weighted by Crippen LogP contribution is 2.47. The fraction of sp³-hybridized carbons (Fsp3) is 0.133. The normalized spacial score (nSPS) is 19.2. The van der Waals surface area contributed by atoms with E-state index >= 15 is 0 Å². The van der Waals surface area contributed by atoms with Crippen molar-refractivity contribution < 1.29 is 14.6 Å². The van der Waals surface area contributed by atoms with E-state index in [0.717, 1.165) is 11.8 Å². The van der Waals surface area contributed by atoms with Gasteiger partial charge in [0.25, 0.3) is 5.69 Å². The molecule has 4 N–H and O–H groups in total. The zero-order chi connectivity index (χ0) is 17.3. The van der Waals surface area contributed by atoms with E-state index in [2.05, 4.69) is 0 Å². The first-order valence-electron chi connectivity index (χ1n) is 6.93. The summed E-state index contributed by atoms with van der Waals surface area (Å²) in [5, 5.41) is 10.5. The number of nitro benzene ring substituents is 1. The molecular weight excluding hydrogens is 332 g/mol. The van der Waals surface area contributed by atoms with Crippen LogP contribution in [0.25, 0.3) is 0 Å². The maximum Gasteiger partial charge on any atom is 0.269 e. The van der Waals surface area contributed by atoms with Crippen molar-refractivity contribution in [2.75, 3.05) is 5.06 Å². The molecule has 1 aliphatic heterocycles. The maximum absolute atomic E-state index is 10.8. The van der Waals surface area contributed by atoms with Crippen molar-refractivity contribution in [3.8, 4) is 0 Å². The minimum absolute atomic E-state index is 0.00342. The van der Waals surface area contributed by atoms with Crippen LogP contribution < -0.4 is 16.5 Å². The molecule has 0 bridgehead atoms. The van der Waals surface area contributed by atoms with Crippen molar-refractivity contribution in [3.05, 3.63) is 69.8 Å². The lowest BCUT2D eigenvalue weighted by molar-refractivity contribution is -0.384. The molecule has 1 saturated heterocycles. The van der Waals surface area contributed by atoms with E-state index in [0.29, 0.717) is 11.3 Å². The summed E-state index contributed by atoms with van der Waals surface area (Å²) in [6, 6.07) is 12.8. The van der Waals surface area contributed by atoms with Crippen LogP contribution in [0.5, 0.6) is 0 Å². The lowest BCUT2D eigenvalue weighted by atomic mass is 10.2. The number of benzene rings is 2. The van der Waals surface area contributed by atoms with Crippen molar-refractivity contribution in [2.45, 2.75) is 10.6 Å². The Hall–Kier alpha value is -2.46. The number of nitrogens with zero attached hydrogens (tertiary/aromatic N) is 2. The number of hydrogen-bond donors (Lipinski definition) is 2. The Balaban J connectivity index is 1.93. The molecule has 124 valence electrons. The van der Waals surface area contributed by atoms with Crippen LogP contribution in [-0.2, 0) is 4.84 Å². The molecular formula is C15H14N4O4S. The third kappa shape index (κ3) is 3.24. The van der Waals surface area contributed by atoms with Crippen LogP contribution in [-0.4, -0.2) is 16.4 Å². The minimum atomic E-state index is -1.43. The van der Waals surface area contributed by atoms with E-state index in [-0.39, 0.29) is 11.1 Å². The minimum Gasteiger partial charge on any atom is -0.298 e. The van der Waals surface area contributed by atoms with Crippen molar-refractivity contribution >= 4 is 29.4 Å². The molecule has 2 aromatic carbocycles. The number of hydrogen-bond acceptors (Lipinski definition) is 8. The summed E-state index contributed by atoms with van der Waals surface area (Å²) < 4.78 is 0. The summed E-state index contributed by atoms with van der Waals surface area (Å²) >= 11 is 1.17. The number of anilines is 1. The summed E-state index contributed by atoms with van der Waals surface area (Å²) in [7, 11) is 0. The predicted molar refractivity (Wildman–Crippen MR) is 89.9 cm³/mol. The van der Waals surface area contributed by atoms with Crippen LogP contribution in [0, 0.1) is 10.1 Å². The van der Waals surface area contributed by atoms with E-state index in [1.54, 1.807) is 36.4 Å². The molecule has 0 saturated carbocycles. The summed E-state index contributed by atoms with van der Waals surface area (Å²) in [6.07, 6.45) is 0.743. The van der Waals surface area contributed by atoms with Gasteiger partial charge in [0.15, 0.2) is 0 Å². The zero-order valence-electron chi connectivity index (χ0n) is 12.4. The molecule has 0 aliphatic carbocycles. The van der Waals surface area contributed by atoms with Gasteiger partial charge in [-0.15, -0.1) is 0 Å². The van der Waals surface area contributed by atoms with E-state index < -0.39 is 10.1 Å². The van der Waals surface area contributed by atoms with Gasteiger partial charge >= 0.3 is 0 Å². The van der Waals surface area contributed by atoms with Gasteiger partial charge in [0, 0.05) is 17.7 Å². The van der Waals surface area contributed by atoms with Gasteiger partial charge in [0.2, 0.25) is 5.18 Å². The first-order chi connectivity index (χ1) is 11.4. The molecule has 0 amide bonds. The average molecular weight is 346 g/mol. The second-order valence-electron chi connectivity index (χ2n) is 5.17. The number of nitrogens with two attached hydrogens (primary N) is 2. The van der Waals surface area contributed by atoms with Crippen molar-refractivity contribution in [1.29, 1.82) is 0 Å². The van der Waals surface area contributed by atoms with Gasteiger partial charge in [0.05, 0.1) is 10.6 Å². The number of thioether (sulfide) groups is 1. The number of carbonyl (C=O) groups is 1. The third-order valence-corrected chi connectivity index (χ3v) is 4.55. The lowest BCUT2D eigenvalue weighted by Crippen LogP contribution is -2.47. The highest BCUT2D eigenvalue weighted by Gasteiger charge is 2.42. The smallest absolute Gasteiger partial charge is 0.269 e.